The molecule has 130 valence electrons. The van der Waals surface area contributed by atoms with Crippen LogP contribution in [0.1, 0.15) is 79.0 Å². The van der Waals surface area contributed by atoms with Crippen molar-refractivity contribution in [3.05, 3.63) is 41.2 Å². The zero-order chi connectivity index (χ0) is 18.2. The molecule has 0 aromatic heterocycles. The second-order valence-electron chi connectivity index (χ2n) is 9.36. The average molecular weight is 334 g/mol. The minimum absolute atomic E-state index is 0.0682. The second kappa shape index (κ2) is 6.69. The maximum atomic E-state index is 5.83. The Morgan fingerprint density at radius 1 is 0.826 bits per heavy atom. The van der Waals surface area contributed by atoms with Crippen LogP contribution in [0.3, 0.4) is 0 Å². The first-order chi connectivity index (χ1) is 10.2. The van der Waals surface area contributed by atoms with Gasteiger partial charge in [0.1, 0.15) is 0 Å². The summed E-state index contributed by atoms with van der Waals surface area (Å²) in [6.45, 7) is 24.6. The molecule has 23 heavy (non-hydrogen) atoms. The van der Waals surface area contributed by atoms with Crippen LogP contribution >= 0.6 is 8.15 Å². The van der Waals surface area contributed by atoms with Crippen molar-refractivity contribution < 1.29 is 4.52 Å². The number of benzene rings is 1. The lowest BCUT2D eigenvalue weighted by atomic mass is 9.75. The van der Waals surface area contributed by atoms with E-state index in [2.05, 4.69) is 81.0 Å². The van der Waals surface area contributed by atoms with Crippen LogP contribution in [0.5, 0.6) is 0 Å². The van der Waals surface area contributed by atoms with Gasteiger partial charge in [0, 0.05) is 12.4 Å². The molecule has 0 amide bonds. The normalized spacial score (nSPS) is 14.7. The Kier molecular flexibility index (Phi) is 5.93. The quantitative estimate of drug-likeness (QED) is 0.582. The second-order valence-corrected chi connectivity index (χ2v) is 11.2. The summed E-state index contributed by atoms with van der Waals surface area (Å²) in [5.74, 6) is 1.98. The number of hydrogen-bond acceptors (Lipinski definition) is 1. The van der Waals surface area contributed by atoms with Gasteiger partial charge >= 0.3 is 0 Å². The average Bonchev–Trinajstić information content (AvgIpc) is 2.36. The Bertz CT molecular complexity index is 530. The van der Waals surface area contributed by atoms with Crippen LogP contribution in [-0.4, -0.2) is 7.11 Å². The molecule has 0 radical (unpaired) electrons. The van der Waals surface area contributed by atoms with E-state index in [0.29, 0.717) is 0 Å². The van der Waals surface area contributed by atoms with Crippen molar-refractivity contribution >= 4 is 13.5 Å². The van der Waals surface area contributed by atoms with E-state index >= 15 is 0 Å². The van der Waals surface area contributed by atoms with Gasteiger partial charge in [-0.1, -0.05) is 81.0 Å². The van der Waals surface area contributed by atoms with E-state index < -0.39 is 8.15 Å². The Labute approximate surface area is 145 Å². The topological polar surface area (TPSA) is 9.23 Å². The first kappa shape index (κ1) is 20.4. The molecule has 1 aromatic carbocycles. The summed E-state index contributed by atoms with van der Waals surface area (Å²) >= 11 is 0. The van der Waals surface area contributed by atoms with Crippen molar-refractivity contribution in [1.29, 1.82) is 0 Å². The maximum absolute atomic E-state index is 5.83. The van der Waals surface area contributed by atoms with E-state index in [-0.39, 0.29) is 16.2 Å². The summed E-state index contributed by atoms with van der Waals surface area (Å²) in [7, 11) is 0.990. The number of hydrogen-bond donors (Lipinski definition) is 0. The van der Waals surface area contributed by atoms with Crippen molar-refractivity contribution in [1.82, 2.24) is 0 Å². The summed E-state index contributed by atoms with van der Waals surface area (Å²) < 4.78 is 5.83. The number of rotatable bonds is 3. The highest BCUT2D eigenvalue weighted by atomic mass is 31.1. The molecule has 1 atom stereocenters. The fourth-order valence-corrected chi connectivity index (χ4v) is 4.49. The predicted octanol–water partition coefficient (Wildman–Crippen LogP) is 6.39. The van der Waals surface area contributed by atoms with Crippen LogP contribution < -0.4 is 5.30 Å². The molecular weight excluding hydrogens is 299 g/mol. The van der Waals surface area contributed by atoms with Gasteiger partial charge in [0.25, 0.3) is 0 Å². The third-order valence-corrected chi connectivity index (χ3v) is 5.82. The highest BCUT2D eigenvalue weighted by Gasteiger charge is 2.31. The minimum atomic E-state index is -0.806. The zero-order valence-electron chi connectivity index (χ0n) is 16.8. The lowest BCUT2D eigenvalue weighted by Gasteiger charge is -2.35. The van der Waals surface area contributed by atoms with E-state index in [9.17, 15) is 0 Å². The summed E-state index contributed by atoms with van der Waals surface area (Å²) in [6, 6.07) is 4.78. The Morgan fingerprint density at radius 3 is 1.43 bits per heavy atom. The van der Waals surface area contributed by atoms with Crippen molar-refractivity contribution in [2.75, 3.05) is 7.11 Å². The SMILES string of the molecule is C=CP(OC)c1c(C(C)(C)C)cc(C(C)(C)C)cc1C(C)(C)C. The van der Waals surface area contributed by atoms with Gasteiger partial charge in [-0.25, -0.2) is 0 Å². The molecule has 2 heteroatoms. The van der Waals surface area contributed by atoms with Gasteiger partial charge in [0.15, 0.2) is 0 Å². The molecule has 0 bridgehead atoms. The smallest absolute Gasteiger partial charge is 0.0839 e. The Hall–Kier alpha value is -0.650. The fraction of sp³-hybridized carbons (Fsp3) is 0.619. The first-order valence-electron chi connectivity index (χ1n) is 8.39. The Morgan fingerprint density at radius 2 is 1.22 bits per heavy atom. The minimum Gasteiger partial charge on any atom is -0.353 e. The monoisotopic (exact) mass is 334 g/mol. The molecule has 0 aliphatic carbocycles. The van der Waals surface area contributed by atoms with Crippen LogP contribution in [0.2, 0.25) is 0 Å². The lowest BCUT2D eigenvalue weighted by Crippen LogP contribution is -2.31. The first-order valence-corrected chi connectivity index (χ1v) is 9.71. The van der Waals surface area contributed by atoms with Crippen LogP contribution in [0.15, 0.2) is 24.5 Å². The van der Waals surface area contributed by atoms with Crippen molar-refractivity contribution in [2.45, 2.75) is 78.6 Å². The summed E-state index contributed by atoms with van der Waals surface area (Å²) in [6.07, 6.45) is 0. The molecule has 0 saturated carbocycles. The van der Waals surface area contributed by atoms with Gasteiger partial charge in [0.2, 0.25) is 0 Å². The van der Waals surface area contributed by atoms with Gasteiger partial charge in [-0.2, -0.15) is 0 Å². The molecule has 0 heterocycles. The van der Waals surface area contributed by atoms with Gasteiger partial charge in [0.05, 0.1) is 8.15 Å². The largest absolute Gasteiger partial charge is 0.353 e. The van der Waals surface area contributed by atoms with Crippen molar-refractivity contribution in [3.63, 3.8) is 0 Å². The van der Waals surface area contributed by atoms with Crippen molar-refractivity contribution in [3.8, 4) is 0 Å². The van der Waals surface area contributed by atoms with E-state index in [1.807, 2.05) is 5.82 Å². The molecule has 1 unspecified atom stereocenters. The summed E-state index contributed by atoms with van der Waals surface area (Å²) in [5, 5.41) is 1.35. The molecule has 1 nitrogen and oxygen atoms in total. The zero-order valence-corrected chi connectivity index (χ0v) is 17.7. The van der Waals surface area contributed by atoms with Gasteiger partial charge in [-0.05, 0) is 38.8 Å². The predicted molar refractivity (Wildman–Crippen MR) is 106 cm³/mol. The summed E-state index contributed by atoms with van der Waals surface area (Å²) in [5.41, 5.74) is 4.44. The standard InChI is InChI=1S/C21H35OP/c1-12-23(22-11)18-16(20(5,6)7)13-15(19(2,3)4)14-17(18)21(8,9)10/h12-14H,1H2,2-11H3. The molecule has 1 aromatic rings. The van der Waals surface area contributed by atoms with Crippen LogP contribution in [0, 0.1) is 0 Å². The highest BCUT2D eigenvalue weighted by Crippen LogP contribution is 2.45. The molecule has 0 aliphatic heterocycles. The van der Waals surface area contributed by atoms with Gasteiger partial charge in [-0.15, -0.1) is 0 Å². The van der Waals surface area contributed by atoms with Crippen molar-refractivity contribution in [2.24, 2.45) is 0 Å². The van der Waals surface area contributed by atoms with Gasteiger partial charge in [-0.3, -0.25) is 0 Å². The molecule has 0 spiro atoms. The fourth-order valence-electron chi connectivity index (χ4n) is 2.71. The van der Waals surface area contributed by atoms with Crippen LogP contribution in [-0.2, 0) is 20.8 Å². The molecule has 0 N–H and O–H groups in total. The molecule has 0 aliphatic rings. The molecule has 1 rings (SSSR count). The maximum Gasteiger partial charge on any atom is 0.0839 e. The van der Waals surface area contributed by atoms with Crippen LogP contribution in [0.25, 0.3) is 0 Å². The third kappa shape index (κ3) is 4.68. The van der Waals surface area contributed by atoms with E-state index in [1.54, 1.807) is 7.11 Å². The Balaban J connectivity index is 3.93. The summed E-state index contributed by atoms with van der Waals surface area (Å²) in [4.78, 5) is 0. The van der Waals surface area contributed by atoms with E-state index in [0.717, 1.165) is 0 Å². The van der Waals surface area contributed by atoms with E-state index in [1.165, 1.54) is 22.0 Å². The van der Waals surface area contributed by atoms with Gasteiger partial charge < -0.3 is 4.52 Å². The van der Waals surface area contributed by atoms with Crippen LogP contribution in [0.4, 0.5) is 0 Å². The molecular formula is C21H35OP. The third-order valence-electron chi connectivity index (χ3n) is 4.17. The molecule has 0 saturated heterocycles. The highest BCUT2D eigenvalue weighted by molar-refractivity contribution is 7.64. The van der Waals surface area contributed by atoms with E-state index in [4.69, 9.17) is 4.52 Å². The lowest BCUT2D eigenvalue weighted by molar-refractivity contribution is 0.471. The molecule has 0 fully saturated rings.